The fourth-order valence-corrected chi connectivity index (χ4v) is 4.02. The molecule has 0 saturated carbocycles. The molecule has 0 spiro atoms. The molecule has 2 aromatic carbocycles. The number of primary amides is 1. The Hall–Kier alpha value is -4.34. The highest BCUT2D eigenvalue weighted by molar-refractivity contribution is 5.83. The third-order valence-electron chi connectivity index (χ3n) is 5.81. The number of alkyl carbamates (subject to hydrolysis) is 1. The van der Waals surface area contributed by atoms with Gasteiger partial charge in [0.05, 0.1) is 12.7 Å². The molecule has 0 aliphatic heterocycles. The fraction of sp³-hybridized carbons (Fsp3) is 0.400. The van der Waals surface area contributed by atoms with E-state index in [1.165, 1.54) is 0 Å². The lowest BCUT2D eigenvalue weighted by Crippen LogP contribution is -2.45. The number of hydrogen-bond donors (Lipinski definition) is 2. The van der Waals surface area contributed by atoms with E-state index >= 15 is 0 Å². The van der Waals surface area contributed by atoms with Gasteiger partial charge in [-0.1, -0.05) is 48.5 Å². The van der Waals surface area contributed by atoms with Gasteiger partial charge in [0.25, 0.3) is 0 Å². The van der Waals surface area contributed by atoms with Crippen LogP contribution in [-0.2, 0) is 41.6 Å². The van der Waals surface area contributed by atoms with E-state index in [1.807, 2.05) is 48.5 Å². The van der Waals surface area contributed by atoms with Gasteiger partial charge in [-0.15, -0.1) is 0 Å². The lowest BCUT2D eigenvalue weighted by molar-refractivity contribution is -0.153. The van der Waals surface area contributed by atoms with Crippen molar-refractivity contribution in [2.24, 2.45) is 5.73 Å². The largest absolute Gasteiger partial charge is 0.464 e. The maximum absolute atomic E-state index is 13.2. The molecule has 0 aliphatic rings. The predicted octanol–water partition coefficient (Wildman–Crippen LogP) is 4.57. The zero-order chi connectivity index (χ0) is 29.1. The Labute approximate surface area is 233 Å². The molecule has 214 valence electrons. The number of nitrogens with one attached hydrogen (secondary N) is 1. The molecule has 1 aromatic heterocycles. The summed E-state index contributed by atoms with van der Waals surface area (Å²) in [6, 6.07) is 15.5. The Bertz CT molecular complexity index is 1300. The van der Waals surface area contributed by atoms with Crippen molar-refractivity contribution in [3.8, 4) is 0 Å². The van der Waals surface area contributed by atoms with Crippen LogP contribution in [0.4, 0.5) is 4.79 Å². The van der Waals surface area contributed by atoms with Gasteiger partial charge in [-0.25, -0.2) is 9.59 Å². The molecule has 40 heavy (non-hydrogen) atoms. The van der Waals surface area contributed by atoms with Crippen molar-refractivity contribution in [3.63, 3.8) is 0 Å². The van der Waals surface area contributed by atoms with Crippen molar-refractivity contribution in [2.45, 2.75) is 77.2 Å². The summed E-state index contributed by atoms with van der Waals surface area (Å²) < 4.78 is 21.8. The number of nitrogens with two attached hydrogens (primary N) is 1. The standard InChI is InChI=1S/C30H36N2O8/c1-30(2,3)40-29(36)32-24(13-9-15-27(34)38-18-20-10-5-4-6-11-20)28(35)39-22(17-26(31)33)16-21-19-37-25-14-8-7-12-23(21)25/h4-8,10-12,14,19,22,24H,9,13,15-18H2,1-3H3,(H2,31,33)(H,32,36)/t22-,24-/m0/s1. The summed E-state index contributed by atoms with van der Waals surface area (Å²) in [5.74, 6) is -1.86. The molecule has 1 heterocycles. The predicted molar refractivity (Wildman–Crippen MR) is 147 cm³/mol. The number of benzene rings is 2. The minimum atomic E-state index is -1.13. The molecule has 0 saturated heterocycles. The molecule has 3 aromatic rings. The molecule has 2 atom stereocenters. The molecular weight excluding hydrogens is 516 g/mol. The van der Waals surface area contributed by atoms with Crippen LogP contribution in [0.5, 0.6) is 0 Å². The van der Waals surface area contributed by atoms with Crippen molar-refractivity contribution in [1.29, 1.82) is 0 Å². The molecule has 0 bridgehead atoms. The number of ether oxygens (including phenoxy) is 3. The van der Waals surface area contributed by atoms with E-state index in [9.17, 15) is 19.2 Å². The van der Waals surface area contributed by atoms with Gasteiger partial charge in [-0.2, -0.15) is 0 Å². The van der Waals surface area contributed by atoms with Gasteiger partial charge >= 0.3 is 18.0 Å². The van der Waals surface area contributed by atoms with Crippen LogP contribution in [-0.4, -0.2) is 41.7 Å². The summed E-state index contributed by atoms with van der Waals surface area (Å²) in [6.45, 7) is 5.22. The van der Waals surface area contributed by atoms with Crippen molar-refractivity contribution in [2.75, 3.05) is 0 Å². The van der Waals surface area contributed by atoms with Crippen LogP contribution < -0.4 is 11.1 Å². The zero-order valence-electron chi connectivity index (χ0n) is 23.0. The SMILES string of the molecule is CC(C)(C)OC(=O)N[C@@H](CCCC(=O)OCc1ccccc1)C(=O)O[C@H](CC(N)=O)Cc1coc2ccccc12. The number of esters is 2. The number of furan rings is 1. The van der Waals surface area contributed by atoms with E-state index in [-0.39, 0.29) is 38.7 Å². The Morgan fingerprint density at radius 2 is 1.70 bits per heavy atom. The van der Waals surface area contributed by atoms with E-state index in [0.717, 1.165) is 16.5 Å². The molecule has 10 heteroatoms. The second kappa shape index (κ2) is 14.2. The molecular formula is C30H36N2O8. The highest BCUT2D eigenvalue weighted by atomic mass is 16.6. The number of amides is 2. The molecule has 2 amide bonds. The number of fused-ring (bicyclic) bond motifs is 1. The van der Waals surface area contributed by atoms with Gasteiger partial charge in [0.2, 0.25) is 5.91 Å². The molecule has 3 N–H and O–H groups in total. The van der Waals surface area contributed by atoms with Gasteiger partial charge in [0.15, 0.2) is 0 Å². The second-order valence-electron chi connectivity index (χ2n) is 10.4. The number of rotatable bonds is 13. The minimum absolute atomic E-state index is 0.0261. The van der Waals surface area contributed by atoms with Crippen LogP contribution in [0, 0.1) is 0 Å². The highest BCUT2D eigenvalue weighted by Crippen LogP contribution is 2.23. The summed E-state index contributed by atoms with van der Waals surface area (Å²) >= 11 is 0. The van der Waals surface area contributed by atoms with Gasteiger partial charge in [-0.3, -0.25) is 9.59 Å². The first kappa shape index (κ1) is 30.2. The van der Waals surface area contributed by atoms with Crippen LogP contribution in [0.2, 0.25) is 0 Å². The Balaban J connectivity index is 1.64. The summed E-state index contributed by atoms with van der Waals surface area (Å²) in [6.07, 6.45) is 0.125. The van der Waals surface area contributed by atoms with E-state index < -0.39 is 41.7 Å². The summed E-state index contributed by atoms with van der Waals surface area (Å²) in [7, 11) is 0. The molecule has 0 fully saturated rings. The van der Waals surface area contributed by atoms with Crippen molar-refractivity contribution in [3.05, 3.63) is 72.0 Å². The van der Waals surface area contributed by atoms with Crippen LogP contribution >= 0.6 is 0 Å². The first-order valence-electron chi connectivity index (χ1n) is 13.1. The van der Waals surface area contributed by atoms with E-state index in [2.05, 4.69) is 5.32 Å². The van der Waals surface area contributed by atoms with Crippen LogP contribution in [0.1, 0.15) is 57.6 Å². The third-order valence-corrected chi connectivity index (χ3v) is 5.81. The van der Waals surface area contributed by atoms with Gasteiger partial charge in [0.1, 0.15) is 29.9 Å². The van der Waals surface area contributed by atoms with Crippen LogP contribution in [0.15, 0.2) is 65.3 Å². The molecule has 10 nitrogen and oxygen atoms in total. The van der Waals surface area contributed by atoms with Crippen molar-refractivity contribution < 1.29 is 37.8 Å². The van der Waals surface area contributed by atoms with Crippen LogP contribution in [0.3, 0.4) is 0 Å². The zero-order valence-corrected chi connectivity index (χ0v) is 23.0. The topological polar surface area (TPSA) is 147 Å². The first-order chi connectivity index (χ1) is 19.0. The quantitative estimate of drug-likeness (QED) is 0.232. The van der Waals surface area contributed by atoms with Crippen LogP contribution in [0.25, 0.3) is 11.0 Å². The van der Waals surface area contributed by atoms with Gasteiger partial charge < -0.3 is 29.7 Å². The van der Waals surface area contributed by atoms with E-state index in [4.69, 9.17) is 24.4 Å². The van der Waals surface area contributed by atoms with E-state index in [0.29, 0.717) is 5.58 Å². The maximum Gasteiger partial charge on any atom is 0.408 e. The maximum atomic E-state index is 13.2. The van der Waals surface area contributed by atoms with Gasteiger partial charge in [0, 0.05) is 23.8 Å². The smallest absolute Gasteiger partial charge is 0.408 e. The first-order valence-corrected chi connectivity index (χ1v) is 13.1. The molecule has 0 radical (unpaired) electrons. The number of carbonyl (C=O) groups excluding carboxylic acids is 4. The van der Waals surface area contributed by atoms with E-state index in [1.54, 1.807) is 33.1 Å². The fourth-order valence-electron chi connectivity index (χ4n) is 4.02. The number of carbonyl (C=O) groups is 4. The highest BCUT2D eigenvalue weighted by Gasteiger charge is 2.29. The lowest BCUT2D eigenvalue weighted by Gasteiger charge is -2.24. The average molecular weight is 553 g/mol. The van der Waals surface area contributed by atoms with Crippen molar-refractivity contribution >= 4 is 34.9 Å². The molecule has 3 rings (SSSR count). The number of hydrogen-bond acceptors (Lipinski definition) is 8. The third kappa shape index (κ3) is 10.1. The normalized spacial score (nSPS) is 12.8. The number of para-hydroxylation sites is 1. The second-order valence-corrected chi connectivity index (χ2v) is 10.4. The monoisotopic (exact) mass is 552 g/mol. The van der Waals surface area contributed by atoms with Crippen molar-refractivity contribution in [1.82, 2.24) is 5.32 Å². The minimum Gasteiger partial charge on any atom is -0.464 e. The Kier molecular flexibility index (Phi) is 10.7. The lowest BCUT2D eigenvalue weighted by atomic mass is 10.0. The molecule has 0 aliphatic carbocycles. The summed E-state index contributed by atoms with van der Waals surface area (Å²) in [5, 5.41) is 3.35. The summed E-state index contributed by atoms with van der Waals surface area (Å²) in [4.78, 5) is 49.7. The Morgan fingerprint density at radius 3 is 2.40 bits per heavy atom. The Morgan fingerprint density at radius 1 is 1.00 bits per heavy atom. The summed E-state index contributed by atoms with van der Waals surface area (Å²) in [5.41, 5.74) is 6.89. The average Bonchev–Trinajstić information content (AvgIpc) is 3.28. The molecule has 0 unspecified atom stereocenters. The van der Waals surface area contributed by atoms with Gasteiger partial charge in [-0.05, 0) is 45.2 Å².